The minimum absolute atomic E-state index is 0.0402. The molecular weight excluding hydrogens is 583 g/mol. The van der Waals surface area contributed by atoms with Gasteiger partial charge >= 0.3 is 5.91 Å². The standard InChI is InChI=1S/C30H28Cl2N4O6/c1-15-7-9-20-18(13-41-28(20)16(15)2)11-25(37)34-33-22-5-4-6-24-27(22)17(3)29(42-24)30(39)36-35-26(38)14-40-23-10-8-19(31)12-21(23)32/h7-10,12-13H,4-6,11,14H2,1-3H3,(H,34,37)(H,35,38)(H,36,39)/b33-22+. The van der Waals surface area contributed by atoms with Crippen LogP contribution in [0.1, 0.15) is 57.0 Å². The van der Waals surface area contributed by atoms with E-state index in [-0.39, 0.29) is 35.5 Å². The lowest BCUT2D eigenvalue weighted by Gasteiger charge is -2.13. The lowest BCUT2D eigenvalue weighted by atomic mass is 9.93. The summed E-state index contributed by atoms with van der Waals surface area (Å²) in [5, 5.41) is 5.97. The Morgan fingerprint density at radius 2 is 1.81 bits per heavy atom. The summed E-state index contributed by atoms with van der Waals surface area (Å²) in [5.74, 6) is -0.627. The quantitative estimate of drug-likeness (QED) is 0.237. The van der Waals surface area contributed by atoms with Gasteiger partial charge in [0.05, 0.1) is 23.4 Å². The molecule has 3 N–H and O–H groups in total. The van der Waals surface area contributed by atoms with E-state index in [0.717, 1.165) is 34.1 Å². The van der Waals surface area contributed by atoms with Crippen LogP contribution in [0.3, 0.4) is 0 Å². The molecule has 12 heteroatoms. The van der Waals surface area contributed by atoms with Gasteiger partial charge < -0.3 is 13.6 Å². The maximum absolute atomic E-state index is 12.8. The second kappa shape index (κ2) is 12.3. The Labute approximate surface area is 251 Å². The highest BCUT2D eigenvalue weighted by atomic mass is 35.5. The number of rotatable bonds is 7. The molecule has 0 atom stereocenters. The molecule has 10 nitrogen and oxygen atoms in total. The summed E-state index contributed by atoms with van der Waals surface area (Å²) < 4.78 is 16.9. The average Bonchev–Trinajstić information content (AvgIpc) is 3.53. The zero-order chi connectivity index (χ0) is 30.0. The van der Waals surface area contributed by atoms with Crippen LogP contribution in [0.15, 0.2) is 50.5 Å². The number of amides is 3. The largest absolute Gasteiger partial charge is 0.482 e. The van der Waals surface area contributed by atoms with Crippen molar-refractivity contribution in [2.75, 3.05) is 6.61 Å². The minimum Gasteiger partial charge on any atom is -0.482 e. The van der Waals surface area contributed by atoms with Crippen LogP contribution < -0.4 is 21.0 Å². The third kappa shape index (κ3) is 6.14. The third-order valence-corrected chi connectivity index (χ3v) is 7.64. The maximum Gasteiger partial charge on any atom is 0.305 e. The molecule has 0 spiro atoms. The van der Waals surface area contributed by atoms with E-state index in [0.29, 0.717) is 40.5 Å². The number of carbonyl (C=O) groups excluding carboxylic acids is 3. The lowest BCUT2D eigenvalue weighted by Crippen LogP contribution is -2.43. The first-order valence-electron chi connectivity index (χ1n) is 13.2. The van der Waals surface area contributed by atoms with E-state index >= 15 is 0 Å². The number of nitrogens with one attached hydrogen (secondary N) is 3. The highest BCUT2D eigenvalue weighted by Gasteiger charge is 2.28. The molecule has 0 bridgehead atoms. The van der Waals surface area contributed by atoms with E-state index in [1.807, 2.05) is 26.0 Å². The summed E-state index contributed by atoms with van der Waals surface area (Å²) in [6.07, 6.45) is 3.65. The zero-order valence-corrected chi connectivity index (χ0v) is 24.7. The van der Waals surface area contributed by atoms with Crippen LogP contribution in [0, 0.1) is 20.8 Å². The van der Waals surface area contributed by atoms with Gasteiger partial charge in [-0.15, -0.1) is 0 Å². The predicted molar refractivity (Wildman–Crippen MR) is 158 cm³/mol. The molecule has 2 aromatic heterocycles. The number of furan rings is 2. The van der Waals surface area contributed by atoms with Gasteiger partial charge in [0.15, 0.2) is 12.4 Å². The SMILES string of the molecule is Cc1ccc2c(CC(=O)N/N=C3\CCCc4oc(C(=O)NNC(=O)COc5ccc(Cl)cc5Cl)c(C)c43)coc2c1C. The summed E-state index contributed by atoms with van der Waals surface area (Å²) in [5.41, 5.74) is 12.8. The van der Waals surface area contributed by atoms with Crippen molar-refractivity contribution in [2.24, 2.45) is 5.10 Å². The summed E-state index contributed by atoms with van der Waals surface area (Å²) in [7, 11) is 0. The second-order valence-electron chi connectivity index (χ2n) is 9.99. The van der Waals surface area contributed by atoms with Crippen LogP contribution in [-0.2, 0) is 22.4 Å². The van der Waals surface area contributed by atoms with Gasteiger partial charge in [0.25, 0.3) is 5.91 Å². The van der Waals surface area contributed by atoms with Crippen LogP contribution in [0.2, 0.25) is 10.0 Å². The first-order valence-corrected chi connectivity index (χ1v) is 14.0. The number of aryl methyl sites for hydroxylation is 3. The van der Waals surface area contributed by atoms with Gasteiger partial charge in [-0.3, -0.25) is 25.2 Å². The number of benzene rings is 2. The van der Waals surface area contributed by atoms with Crippen molar-refractivity contribution >= 4 is 57.6 Å². The van der Waals surface area contributed by atoms with E-state index in [4.69, 9.17) is 36.8 Å². The monoisotopic (exact) mass is 610 g/mol. The van der Waals surface area contributed by atoms with Gasteiger partial charge in [-0.1, -0.05) is 35.3 Å². The molecule has 0 fully saturated rings. The number of hydrogen-bond donors (Lipinski definition) is 3. The third-order valence-electron chi connectivity index (χ3n) is 7.11. The highest BCUT2D eigenvalue weighted by molar-refractivity contribution is 6.35. The summed E-state index contributed by atoms with van der Waals surface area (Å²) in [6.45, 7) is 5.34. The number of halogens is 2. The first kappa shape index (κ1) is 29.2. The summed E-state index contributed by atoms with van der Waals surface area (Å²) in [4.78, 5) is 37.8. The predicted octanol–water partition coefficient (Wildman–Crippen LogP) is 5.50. The lowest BCUT2D eigenvalue weighted by molar-refractivity contribution is -0.124. The number of ether oxygens (including phenoxy) is 1. The van der Waals surface area contributed by atoms with Crippen molar-refractivity contribution < 1.29 is 28.0 Å². The molecule has 0 saturated carbocycles. The van der Waals surface area contributed by atoms with E-state index in [1.54, 1.807) is 19.3 Å². The van der Waals surface area contributed by atoms with Crippen LogP contribution in [0.5, 0.6) is 5.75 Å². The number of fused-ring (bicyclic) bond motifs is 2. The van der Waals surface area contributed by atoms with Gasteiger partial charge in [0.1, 0.15) is 17.1 Å². The van der Waals surface area contributed by atoms with Crippen LogP contribution >= 0.6 is 23.2 Å². The van der Waals surface area contributed by atoms with Crippen molar-refractivity contribution in [2.45, 2.75) is 46.5 Å². The summed E-state index contributed by atoms with van der Waals surface area (Å²) in [6, 6.07) is 8.57. The van der Waals surface area contributed by atoms with Crippen molar-refractivity contribution in [3.8, 4) is 5.75 Å². The molecule has 5 rings (SSSR count). The van der Waals surface area contributed by atoms with E-state index in [2.05, 4.69) is 21.4 Å². The van der Waals surface area contributed by atoms with Gasteiger partial charge in [-0.25, -0.2) is 5.43 Å². The Morgan fingerprint density at radius 3 is 2.60 bits per heavy atom. The summed E-state index contributed by atoms with van der Waals surface area (Å²) >= 11 is 11.9. The van der Waals surface area contributed by atoms with Crippen molar-refractivity contribution in [3.05, 3.63) is 86.0 Å². The van der Waals surface area contributed by atoms with E-state index < -0.39 is 11.8 Å². The van der Waals surface area contributed by atoms with Crippen molar-refractivity contribution in [3.63, 3.8) is 0 Å². The maximum atomic E-state index is 12.8. The Balaban J connectivity index is 1.21. The first-order chi connectivity index (χ1) is 20.1. The molecule has 1 aliphatic carbocycles. The minimum atomic E-state index is -0.638. The van der Waals surface area contributed by atoms with Crippen LogP contribution in [0.25, 0.3) is 11.0 Å². The van der Waals surface area contributed by atoms with Crippen molar-refractivity contribution in [1.82, 2.24) is 16.3 Å². The molecule has 2 aromatic carbocycles. The number of nitrogens with zero attached hydrogens (tertiary/aromatic N) is 1. The van der Waals surface area contributed by atoms with Gasteiger partial charge in [0, 0.05) is 33.5 Å². The molecule has 42 heavy (non-hydrogen) atoms. The molecule has 0 radical (unpaired) electrons. The Morgan fingerprint density at radius 1 is 1.00 bits per heavy atom. The molecule has 2 heterocycles. The molecule has 3 amide bonds. The number of hydrogen-bond acceptors (Lipinski definition) is 7. The topological polar surface area (TPSA) is 135 Å². The van der Waals surface area contributed by atoms with E-state index in [1.165, 1.54) is 12.1 Å². The number of carbonyl (C=O) groups is 3. The van der Waals surface area contributed by atoms with Gasteiger partial charge in [-0.2, -0.15) is 5.10 Å². The average molecular weight is 611 g/mol. The number of hydrazine groups is 1. The molecule has 0 unspecified atom stereocenters. The Kier molecular flexibility index (Phi) is 8.56. The van der Waals surface area contributed by atoms with Gasteiger partial charge in [-0.05, 0) is 62.9 Å². The zero-order valence-electron chi connectivity index (χ0n) is 23.2. The second-order valence-corrected chi connectivity index (χ2v) is 10.8. The molecule has 0 saturated heterocycles. The van der Waals surface area contributed by atoms with Crippen LogP contribution in [0.4, 0.5) is 0 Å². The van der Waals surface area contributed by atoms with Gasteiger partial charge in [0.2, 0.25) is 5.91 Å². The highest BCUT2D eigenvalue weighted by Crippen LogP contribution is 2.31. The molecular formula is C30H28Cl2N4O6. The van der Waals surface area contributed by atoms with Crippen molar-refractivity contribution in [1.29, 1.82) is 0 Å². The molecule has 218 valence electrons. The van der Waals surface area contributed by atoms with E-state index in [9.17, 15) is 14.4 Å². The fraction of sp³-hybridized carbons (Fsp3) is 0.267. The molecule has 0 aliphatic heterocycles. The number of hydrazone groups is 1. The smallest absolute Gasteiger partial charge is 0.305 e. The fourth-order valence-corrected chi connectivity index (χ4v) is 5.28. The molecule has 4 aromatic rings. The Bertz CT molecular complexity index is 1740. The fourth-order valence-electron chi connectivity index (χ4n) is 4.82. The molecule has 1 aliphatic rings. The Hall–Kier alpha value is -4.28. The van der Waals surface area contributed by atoms with Crippen LogP contribution in [-0.4, -0.2) is 30.0 Å². The normalized spacial score (nSPS) is 13.6.